The Bertz CT molecular complexity index is 8.00. The van der Waals surface area contributed by atoms with Gasteiger partial charge in [0, 0.05) is 16.1 Å². The van der Waals surface area contributed by atoms with Gasteiger partial charge in [0.05, 0.1) is 0 Å². The molecule has 0 spiro atoms. The average molecular weight is 322 g/mol. The zero-order valence-corrected chi connectivity index (χ0v) is 9.67. The van der Waals surface area contributed by atoms with Crippen LogP contribution in [0.15, 0.2) is 0 Å². The predicted octanol–water partition coefficient (Wildman–Crippen LogP) is -0.668. The van der Waals surface area contributed by atoms with Crippen LogP contribution in [0.2, 0.25) is 0 Å². The molecular weight excluding hydrogens is 315 g/mol. The molecule has 0 aromatic heterocycles. The molecule has 0 rings (SSSR count). The zero-order chi connectivity index (χ0) is 2.71. The van der Waals surface area contributed by atoms with Gasteiger partial charge in [0.1, 0.15) is 0 Å². The van der Waals surface area contributed by atoms with Crippen molar-refractivity contribution in [3.05, 3.63) is 0 Å². The fourth-order valence-electron chi connectivity index (χ4n) is 0. The van der Waals surface area contributed by atoms with Crippen molar-refractivity contribution in [2.75, 3.05) is 7.05 Å². The summed E-state index contributed by atoms with van der Waals surface area (Å²) >= 11 is 2.90. The van der Waals surface area contributed by atoms with E-state index >= 15 is 0 Å². The average Bonchev–Trinajstić information content (AvgIpc) is 0.918. The van der Waals surface area contributed by atoms with E-state index in [2.05, 4.69) is 20.5 Å². The van der Waals surface area contributed by atoms with Crippen molar-refractivity contribution in [1.82, 2.24) is 4.34 Å². The molecule has 0 heterocycles. The summed E-state index contributed by atoms with van der Waals surface area (Å²) in [6.45, 7) is 0. The standard InChI is InChI=1S/CH4BrN.Bi.3H/c1-3-2;;;;/h3H,1H3;;;;. The van der Waals surface area contributed by atoms with Gasteiger partial charge in [0.25, 0.3) is 0 Å². The van der Waals surface area contributed by atoms with E-state index < -0.39 is 0 Å². The molecule has 0 saturated carbocycles. The third kappa shape index (κ3) is 10.2. The summed E-state index contributed by atoms with van der Waals surface area (Å²) in [4.78, 5) is 0. The van der Waals surface area contributed by atoms with Crippen molar-refractivity contribution in [2.45, 2.75) is 0 Å². The van der Waals surface area contributed by atoms with Gasteiger partial charge in [-0.2, -0.15) is 0 Å². The van der Waals surface area contributed by atoms with Crippen LogP contribution in [-0.2, 0) is 0 Å². The summed E-state index contributed by atoms with van der Waals surface area (Å²) in [5.74, 6) is 0. The van der Waals surface area contributed by atoms with Crippen molar-refractivity contribution < 1.29 is 0 Å². The number of rotatable bonds is 0. The Morgan fingerprint density at radius 1 is 1.75 bits per heavy atom. The summed E-state index contributed by atoms with van der Waals surface area (Å²) in [7, 11) is 1.79. The van der Waals surface area contributed by atoms with Crippen LogP contribution in [0.3, 0.4) is 0 Å². The molecule has 0 aliphatic carbocycles. The Balaban J connectivity index is 0. The predicted molar refractivity (Wildman–Crippen MR) is 27.9 cm³/mol. The van der Waals surface area contributed by atoms with Crippen LogP contribution in [0.1, 0.15) is 0 Å². The van der Waals surface area contributed by atoms with Gasteiger partial charge in [-0.25, -0.2) is 0 Å². The molecule has 3 heteroatoms. The molecule has 0 unspecified atom stereocenters. The van der Waals surface area contributed by atoms with Crippen LogP contribution in [0.25, 0.3) is 0 Å². The van der Waals surface area contributed by atoms with E-state index in [1.165, 1.54) is 0 Å². The summed E-state index contributed by atoms with van der Waals surface area (Å²) in [5, 5.41) is 0. The molecule has 1 nitrogen and oxygen atoms in total. The fraction of sp³-hybridized carbons (Fsp3) is 1.00. The molecule has 0 atom stereocenters. The van der Waals surface area contributed by atoms with E-state index in [0.717, 1.165) is 0 Å². The summed E-state index contributed by atoms with van der Waals surface area (Å²) in [6, 6.07) is 0. The topological polar surface area (TPSA) is 12.0 Å². The van der Waals surface area contributed by atoms with Gasteiger partial charge in [-0.05, 0) is 7.05 Å². The molecule has 0 aromatic carbocycles. The quantitative estimate of drug-likeness (QED) is 0.461. The summed E-state index contributed by atoms with van der Waals surface area (Å²) < 4.78 is 2.56. The normalized spacial score (nSPS) is 4.50. The first-order chi connectivity index (χ1) is 1.41. The van der Waals surface area contributed by atoms with Crippen molar-refractivity contribution in [3.63, 3.8) is 0 Å². The number of nitrogens with one attached hydrogen (secondary N) is 1. The van der Waals surface area contributed by atoms with Crippen LogP contribution >= 0.6 is 16.1 Å². The maximum atomic E-state index is 2.90. The Hall–Kier alpha value is 1.32. The third-order valence-electron chi connectivity index (χ3n) is 0. The number of halogens is 1. The second kappa shape index (κ2) is 8.85. The van der Waals surface area contributed by atoms with E-state index in [1.54, 1.807) is 7.05 Å². The van der Waals surface area contributed by atoms with Crippen molar-refractivity contribution in [1.29, 1.82) is 0 Å². The number of hydrogen-bond donors (Lipinski definition) is 1. The molecule has 0 fully saturated rings. The monoisotopic (exact) mass is 321 g/mol. The van der Waals surface area contributed by atoms with Crippen LogP contribution in [0, 0.1) is 0 Å². The number of hydrogen-bond acceptors (Lipinski definition) is 1. The third-order valence-corrected chi connectivity index (χ3v) is 0. The molecule has 28 valence electrons. The van der Waals surface area contributed by atoms with Crippen molar-refractivity contribution >= 4 is 42.4 Å². The Morgan fingerprint density at radius 3 is 1.75 bits per heavy atom. The van der Waals surface area contributed by atoms with Crippen molar-refractivity contribution in [2.24, 2.45) is 0 Å². The summed E-state index contributed by atoms with van der Waals surface area (Å²) in [6.07, 6.45) is 0. The first kappa shape index (κ1) is 9.01. The van der Waals surface area contributed by atoms with E-state index in [9.17, 15) is 0 Å². The molecule has 0 amide bonds. The Morgan fingerprint density at radius 2 is 1.75 bits per heavy atom. The van der Waals surface area contributed by atoms with Gasteiger partial charge in [-0.3, -0.25) is 4.34 Å². The molecule has 0 bridgehead atoms. The molecule has 4 heavy (non-hydrogen) atoms. The van der Waals surface area contributed by atoms with Crippen LogP contribution < -0.4 is 4.34 Å². The van der Waals surface area contributed by atoms with Crippen molar-refractivity contribution in [3.8, 4) is 0 Å². The van der Waals surface area contributed by atoms with Gasteiger partial charge in [0.2, 0.25) is 0 Å². The first-order valence-corrected chi connectivity index (χ1v) is 1.48. The Kier molecular flexibility index (Phi) is 19.9. The molecular formula is CH7BiBrN. The second-order valence-electron chi connectivity index (χ2n) is 0.189. The molecule has 0 radical (unpaired) electrons. The molecule has 0 aliphatic rings. The SMILES string of the molecule is CNBr.[BiH3]. The van der Waals surface area contributed by atoms with Gasteiger partial charge in [-0.15, -0.1) is 0 Å². The van der Waals surface area contributed by atoms with Gasteiger partial charge >= 0.3 is 26.2 Å². The molecule has 0 aliphatic heterocycles. The van der Waals surface area contributed by atoms with Crippen LogP contribution in [0.4, 0.5) is 0 Å². The first-order valence-electron chi connectivity index (χ1n) is 0.689. The molecule has 1 N–H and O–H groups in total. The van der Waals surface area contributed by atoms with Gasteiger partial charge < -0.3 is 0 Å². The van der Waals surface area contributed by atoms with Gasteiger partial charge in [-0.1, -0.05) is 0 Å². The minimum atomic E-state index is 0. The maximum absolute atomic E-state index is 2.90. The fourth-order valence-corrected chi connectivity index (χ4v) is 0. The molecule has 0 saturated heterocycles. The Labute approximate surface area is 53.6 Å². The van der Waals surface area contributed by atoms with E-state index in [0.29, 0.717) is 0 Å². The minimum absolute atomic E-state index is 0. The van der Waals surface area contributed by atoms with Crippen LogP contribution in [0.5, 0.6) is 0 Å². The van der Waals surface area contributed by atoms with E-state index in [-0.39, 0.29) is 26.2 Å². The van der Waals surface area contributed by atoms with Crippen LogP contribution in [-0.4, -0.2) is 33.3 Å². The zero-order valence-electron chi connectivity index (χ0n) is 2.59. The molecule has 0 aromatic rings. The summed E-state index contributed by atoms with van der Waals surface area (Å²) in [5.41, 5.74) is 0. The second-order valence-corrected chi connectivity index (χ2v) is 0.982. The van der Waals surface area contributed by atoms with E-state index in [1.807, 2.05) is 0 Å². The van der Waals surface area contributed by atoms with Gasteiger partial charge in [0.15, 0.2) is 0 Å². The van der Waals surface area contributed by atoms with E-state index in [4.69, 9.17) is 0 Å².